The van der Waals surface area contributed by atoms with E-state index in [2.05, 4.69) is 19.2 Å². The fourth-order valence-electron chi connectivity index (χ4n) is 4.64. The number of halogens is 1. The van der Waals surface area contributed by atoms with Crippen LogP contribution in [0.3, 0.4) is 0 Å². The van der Waals surface area contributed by atoms with Crippen molar-refractivity contribution in [3.63, 3.8) is 0 Å². The molecule has 2 aliphatic rings. The van der Waals surface area contributed by atoms with Gasteiger partial charge in [0.25, 0.3) is 0 Å². The molecule has 3 rings (SSSR count). The van der Waals surface area contributed by atoms with Gasteiger partial charge >= 0.3 is 0 Å². The van der Waals surface area contributed by atoms with Crippen LogP contribution in [-0.4, -0.2) is 24.8 Å². The number of ether oxygens (including phenoxy) is 1. The average molecular weight is 333 g/mol. The van der Waals surface area contributed by atoms with Gasteiger partial charge in [0.15, 0.2) is 0 Å². The van der Waals surface area contributed by atoms with Gasteiger partial charge in [-0.15, -0.1) is 0 Å². The van der Waals surface area contributed by atoms with E-state index in [1.807, 2.05) is 12.1 Å². The van der Waals surface area contributed by atoms with E-state index >= 15 is 0 Å². The molecule has 2 nitrogen and oxygen atoms in total. The summed E-state index contributed by atoms with van der Waals surface area (Å²) < 4.78 is 19.1. The van der Waals surface area contributed by atoms with Crippen molar-refractivity contribution in [2.24, 2.45) is 0 Å². The maximum atomic E-state index is 13.3. The quantitative estimate of drug-likeness (QED) is 0.822. The van der Waals surface area contributed by atoms with Crippen LogP contribution in [0.15, 0.2) is 24.3 Å². The molecule has 0 bridgehead atoms. The van der Waals surface area contributed by atoms with Crippen LogP contribution in [0.5, 0.6) is 0 Å². The molecule has 1 atom stereocenters. The zero-order valence-electron chi connectivity index (χ0n) is 15.2. The normalized spacial score (nSPS) is 26.2. The van der Waals surface area contributed by atoms with Crippen LogP contribution in [0.1, 0.15) is 70.8 Å². The number of hydrogen-bond donors (Lipinski definition) is 1. The minimum atomic E-state index is -0.132. The van der Waals surface area contributed by atoms with E-state index < -0.39 is 0 Å². The summed E-state index contributed by atoms with van der Waals surface area (Å²) in [4.78, 5) is 0. The highest BCUT2D eigenvalue weighted by atomic mass is 19.1. The van der Waals surface area contributed by atoms with Crippen molar-refractivity contribution in [2.75, 3.05) is 13.2 Å². The standard InChI is InChI=1S/C21H32FNO/c1-20(2)16-19(10-15-24-20)23-14-13-21(11-4-3-5-12-21)17-6-8-18(22)9-7-17/h6-9,19,23H,3-5,10-16H2,1-2H3/t19-/m0/s1. The van der Waals surface area contributed by atoms with Gasteiger partial charge in [-0.3, -0.25) is 0 Å². The fourth-order valence-corrected chi connectivity index (χ4v) is 4.64. The summed E-state index contributed by atoms with van der Waals surface area (Å²) in [6.07, 6.45) is 9.73. The Morgan fingerprint density at radius 3 is 2.50 bits per heavy atom. The number of rotatable bonds is 5. The number of hydrogen-bond acceptors (Lipinski definition) is 2. The summed E-state index contributed by atoms with van der Waals surface area (Å²) in [5.41, 5.74) is 1.56. The predicted molar refractivity (Wildman–Crippen MR) is 96.8 cm³/mol. The first kappa shape index (κ1) is 17.9. The first-order valence-electron chi connectivity index (χ1n) is 9.63. The van der Waals surface area contributed by atoms with Gasteiger partial charge in [-0.2, -0.15) is 0 Å². The van der Waals surface area contributed by atoms with E-state index in [1.54, 1.807) is 12.1 Å². The van der Waals surface area contributed by atoms with Crippen molar-refractivity contribution < 1.29 is 9.13 Å². The molecule has 1 saturated heterocycles. The Balaban J connectivity index is 1.61. The van der Waals surface area contributed by atoms with Gasteiger partial charge in [0.05, 0.1) is 5.60 Å². The molecule has 1 heterocycles. The fraction of sp³-hybridized carbons (Fsp3) is 0.714. The topological polar surface area (TPSA) is 21.3 Å². The second kappa shape index (κ2) is 7.53. The predicted octanol–water partition coefficient (Wildman–Crippen LogP) is 4.96. The van der Waals surface area contributed by atoms with Crippen LogP contribution in [0.25, 0.3) is 0 Å². The minimum absolute atomic E-state index is 0.00456. The second-order valence-corrected chi connectivity index (χ2v) is 8.35. The van der Waals surface area contributed by atoms with E-state index in [4.69, 9.17) is 4.74 Å². The molecule has 3 heteroatoms. The Morgan fingerprint density at radius 2 is 1.83 bits per heavy atom. The number of benzene rings is 1. The van der Waals surface area contributed by atoms with Gasteiger partial charge < -0.3 is 10.1 Å². The lowest BCUT2D eigenvalue weighted by molar-refractivity contribution is -0.0629. The monoisotopic (exact) mass is 333 g/mol. The Morgan fingerprint density at radius 1 is 1.12 bits per heavy atom. The minimum Gasteiger partial charge on any atom is -0.375 e. The van der Waals surface area contributed by atoms with Gasteiger partial charge in [-0.1, -0.05) is 31.4 Å². The third-order valence-electron chi connectivity index (χ3n) is 6.00. The third kappa shape index (κ3) is 4.37. The molecule has 1 aromatic rings. The molecular formula is C21H32FNO. The first-order valence-corrected chi connectivity index (χ1v) is 9.63. The second-order valence-electron chi connectivity index (χ2n) is 8.35. The van der Waals surface area contributed by atoms with Crippen LogP contribution in [0.2, 0.25) is 0 Å². The van der Waals surface area contributed by atoms with Gasteiger partial charge in [0.1, 0.15) is 5.82 Å². The molecule has 1 aliphatic heterocycles. The molecule has 0 aromatic heterocycles. The van der Waals surface area contributed by atoms with Crippen molar-refractivity contribution in [2.45, 2.75) is 82.3 Å². The van der Waals surface area contributed by atoms with E-state index in [9.17, 15) is 4.39 Å². The molecule has 0 unspecified atom stereocenters. The van der Waals surface area contributed by atoms with Crippen molar-refractivity contribution in [3.05, 3.63) is 35.6 Å². The zero-order chi connectivity index (χ0) is 17.0. The zero-order valence-corrected chi connectivity index (χ0v) is 15.2. The van der Waals surface area contributed by atoms with Crippen LogP contribution in [0.4, 0.5) is 4.39 Å². The van der Waals surface area contributed by atoms with E-state index in [-0.39, 0.29) is 16.8 Å². The summed E-state index contributed by atoms with van der Waals surface area (Å²) in [6.45, 7) is 6.26. The van der Waals surface area contributed by atoms with Crippen molar-refractivity contribution in [1.29, 1.82) is 0 Å². The molecule has 0 amide bonds. The Hall–Kier alpha value is -0.930. The lowest BCUT2D eigenvalue weighted by atomic mass is 9.67. The van der Waals surface area contributed by atoms with E-state index in [0.29, 0.717) is 6.04 Å². The molecule has 1 N–H and O–H groups in total. The molecule has 134 valence electrons. The summed E-state index contributed by atoms with van der Waals surface area (Å²) in [6, 6.07) is 7.83. The largest absolute Gasteiger partial charge is 0.375 e. The van der Waals surface area contributed by atoms with Crippen molar-refractivity contribution in [3.8, 4) is 0 Å². The lowest BCUT2D eigenvalue weighted by Gasteiger charge is -2.40. The Kier molecular flexibility index (Phi) is 5.61. The summed E-state index contributed by atoms with van der Waals surface area (Å²) >= 11 is 0. The lowest BCUT2D eigenvalue weighted by Crippen LogP contribution is -2.45. The van der Waals surface area contributed by atoms with Crippen molar-refractivity contribution in [1.82, 2.24) is 5.32 Å². The molecule has 1 saturated carbocycles. The van der Waals surface area contributed by atoms with Gasteiger partial charge in [-0.25, -0.2) is 4.39 Å². The highest BCUT2D eigenvalue weighted by Gasteiger charge is 2.34. The SMILES string of the molecule is CC1(C)C[C@@H](NCCC2(c3ccc(F)cc3)CCCCC2)CCO1. The van der Waals surface area contributed by atoms with Gasteiger partial charge in [0, 0.05) is 12.6 Å². The molecule has 0 radical (unpaired) electrons. The Labute approximate surface area is 146 Å². The van der Waals surface area contributed by atoms with E-state index in [0.717, 1.165) is 32.4 Å². The van der Waals surface area contributed by atoms with E-state index in [1.165, 1.54) is 37.7 Å². The van der Waals surface area contributed by atoms with Crippen LogP contribution in [-0.2, 0) is 10.2 Å². The third-order valence-corrected chi connectivity index (χ3v) is 6.00. The molecule has 1 aromatic carbocycles. The van der Waals surface area contributed by atoms with Crippen LogP contribution >= 0.6 is 0 Å². The molecule has 0 spiro atoms. The maximum Gasteiger partial charge on any atom is 0.123 e. The summed E-state index contributed by atoms with van der Waals surface area (Å²) in [7, 11) is 0. The molecule has 2 fully saturated rings. The first-order chi connectivity index (χ1) is 11.5. The van der Waals surface area contributed by atoms with Crippen molar-refractivity contribution >= 4 is 0 Å². The van der Waals surface area contributed by atoms with Crippen LogP contribution in [0, 0.1) is 5.82 Å². The highest BCUT2D eigenvalue weighted by Crippen LogP contribution is 2.42. The highest BCUT2D eigenvalue weighted by molar-refractivity contribution is 5.26. The molecular weight excluding hydrogens is 301 g/mol. The average Bonchev–Trinajstić information content (AvgIpc) is 2.55. The van der Waals surface area contributed by atoms with Gasteiger partial charge in [-0.05, 0) is 75.6 Å². The summed E-state index contributed by atoms with van der Waals surface area (Å²) in [5, 5.41) is 3.78. The number of nitrogens with one attached hydrogen (secondary N) is 1. The Bertz CT molecular complexity index is 519. The summed E-state index contributed by atoms with van der Waals surface area (Å²) in [5.74, 6) is -0.132. The molecule has 24 heavy (non-hydrogen) atoms. The van der Waals surface area contributed by atoms with Crippen LogP contribution < -0.4 is 5.32 Å². The van der Waals surface area contributed by atoms with Gasteiger partial charge in [0.2, 0.25) is 0 Å². The molecule has 1 aliphatic carbocycles. The maximum absolute atomic E-state index is 13.3. The smallest absolute Gasteiger partial charge is 0.123 e.